The molecule has 0 atom stereocenters. The fourth-order valence-corrected chi connectivity index (χ4v) is 2.17. The third-order valence-electron chi connectivity index (χ3n) is 3.29. The summed E-state index contributed by atoms with van der Waals surface area (Å²) < 4.78 is 10.1. The van der Waals surface area contributed by atoms with E-state index in [9.17, 15) is 9.59 Å². The summed E-state index contributed by atoms with van der Waals surface area (Å²) in [5.74, 6) is -1.10. The maximum Gasteiger partial charge on any atom is 0.344 e. The molecule has 22 heavy (non-hydrogen) atoms. The van der Waals surface area contributed by atoms with Crippen molar-refractivity contribution in [3.63, 3.8) is 0 Å². The van der Waals surface area contributed by atoms with Crippen LogP contribution in [0, 0.1) is 13.8 Å². The van der Waals surface area contributed by atoms with Gasteiger partial charge in [0.05, 0.1) is 5.56 Å². The van der Waals surface area contributed by atoms with Gasteiger partial charge in [0.2, 0.25) is 0 Å². The van der Waals surface area contributed by atoms with Crippen molar-refractivity contribution in [3.05, 3.63) is 35.0 Å². The van der Waals surface area contributed by atoms with Crippen molar-refractivity contribution >= 4 is 22.8 Å². The van der Waals surface area contributed by atoms with E-state index in [4.69, 9.17) is 9.47 Å². The SMILES string of the molecule is Cc1[nH]c2ccc(C(=O)OCC(=O)OC(C)(C)C)cc2c1C. The van der Waals surface area contributed by atoms with Crippen LogP contribution in [0.5, 0.6) is 0 Å². The highest BCUT2D eigenvalue weighted by Crippen LogP contribution is 2.22. The highest BCUT2D eigenvalue weighted by Gasteiger charge is 2.18. The first-order chi connectivity index (χ1) is 10.2. The number of H-pyrrole nitrogens is 1. The van der Waals surface area contributed by atoms with Gasteiger partial charge >= 0.3 is 11.9 Å². The topological polar surface area (TPSA) is 68.4 Å². The number of hydrogen-bond donors (Lipinski definition) is 1. The molecule has 0 fully saturated rings. The average Bonchev–Trinajstić information content (AvgIpc) is 2.69. The van der Waals surface area contributed by atoms with Crippen LogP contribution >= 0.6 is 0 Å². The summed E-state index contributed by atoms with van der Waals surface area (Å²) in [5.41, 5.74) is 2.95. The normalized spacial score (nSPS) is 11.5. The van der Waals surface area contributed by atoms with Gasteiger partial charge in [0.25, 0.3) is 0 Å². The molecule has 0 aliphatic carbocycles. The molecule has 2 aromatic rings. The summed E-state index contributed by atoms with van der Waals surface area (Å²) in [6.07, 6.45) is 0. The minimum Gasteiger partial charge on any atom is -0.457 e. The molecule has 0 saturated carbocycles. The Balaban J connectivity index is 2.07. The molecule has 0 radical (unpaired) electrons. The van der Waals surface area contributed by atoms with Gasteiger partial charge in [0.15, 0.2) is 6.61 Å². The monoisotopic (exact) mass is 303 g/mol. The summed E-state index contributed by atoms with van der Waals surface area (Å²) in [5, 5.41) is 0.976. The van der Waals surface area contributed by atoms with E-state index in [1.165, 1.54) is 0 Å². The predicted octanol–water partition coefficient (Wildman–Crippen LogP) is 3.28. The summed E-state index contributed by atoms with van der Waals surface area (Å²) in [7, 11) is 0. The summed E-state index contributed by atoms with van der Waals surface area (Å²) in [6, 6.07) is 5.28. The summed E-state index contributed by atoms with van der Waals surface area (Å²) >= 11 is 0. The Morgan fingerprint density at radius 3 is 2.50 bits per heavy atom. The molecule has 2 rings (SSSR count). The smallest absolute Gasteiger partial charge is 0.344 e. The third kappa shape index (κ3) is 3.67. The second-order valence-electron chi connectivity index (χ2n) is 6.30. The van der Waals surface area contributed by atoms with Crippen LogP contribution in [0.2, 0.25) is 0 Å². The van der Waals surface area contributed by atoms with Gasteiger partial charge in [-0.25, -0.2) is 9.59 Å². The van der Waals surface area contributed by atoms with Crippen LogP contribution < -0.4 is 0 Å². The van der Waals surface area contributed by atoms with Crippen LogP contribution in [0.25, 0.3) is 10.9 Å². The van der Waals surface area contributed by atoms with E-state index in [-0.39, 0.29) is 6.61 Å². The Morgan fingerprint density at radius 1 is 1.18 bits per heavy atom. The first kappa shape index (κ1) is 16.1. The number of aromatic nitrogens is 1. The highest BCUT2D eigenvalue weighted by atomic mass is 16.6. The standard InChI is InChI=1S/C17H21NO4/c1-10-11(2)18-14-7-6-12(8-13(10)14)16(20)21-9-15(19)22-17(3,4)5/h6-8,18H,9H2,1-5H3. The number of benzene rings is 1. The van der Waals surface area contributed by atoms with Crippen molar-refractivity contribution in [2.75, 3.05) is 6.61 Å². The Bertz CT molecular complexity index is 722. The average molecular weight is 303 g/mol. The molecule has 5 heteroatoms. The minimum absolute atomic E-state index is 0.390. The zero-order valence-electron chi connectivity index (χ0n) is 13.6. The van der Waals surface area contributed by atoms with Crippen molar-refractivity contribution in [1.29, 1.82) is 0 Å². The van der Waals surface area contributed by atoms with E-state index >= 15 is 0 Å². The second-order valence-corrected chi connectivity index (χ2v) is 6.30. The highest BCUT2D eigenvalue weighted by molar-refractivity contribution is 5.96. The molecule has 1 aromatic heterocycles. The van der Waals surface area contributed by atoms with Gasteiger partial charge in [0, 0.05) is 16.6 Å². The van der Waals surface area contributed by atoms with Crippen LogP contribution in [0.4, 0.5) is 0 Å². The lowest BCUT2D eigenvalue weighted by molar-refractivity contribution is -0.158. The zero-order chi connectivity index (χ0) is 16.5. The lowest BCUT2D eigenvalue weighted by Gasteiger charge is -2.19. The summed E-state index contributed by atoms with van der Waals surface area (Å²) in [4.78, 5) is 26.8. The largest absolute Gasteiger partial charge is 0.457 e. The molecule has 1 aromatic carbocycles. The van der Waals surface area contributed by atoms with Crippen LogP contribution in [0.15, 0.2) is 18.2 Å². The quantitative estimate of drug-likeness (QED) is 0.883. The van der Waals surface area contributed by atoms with Crippen LogP contribution in [0.3, 0.4) is 0 Å². The summed E-state index contributed by atoms with van der Waals surface area (Å²) in [6.45, 7) is 8.87. The molecule has 1 N–H and O–H groups in total. The van der Waals surface area contributed by atoms with Crippen molar-refractivity contribution in [1.82, 2.24) is 4.98 Å². The molecular weight excluding hydrogens is 282 g/mol. The van der Waals surface area contributed by atoms with Gasteiger partial charge in [-0.2, -0.15) is 0 Å². The number of nitrogens with one attached hydrogen (secondary N) is 1. The van der Waals surface area contributed by atoms with Crippen molar-refractivity contribution in [3.8, 4) is 0 Å². The van der Waals surface area contributed by atoms with Gasteiger partial charge in [0.1, 0.15) is 5.60 Å². The second kappa shape index (κ2) is 5.83. The van der Waals surface area contributed by atoms with E-state index in [0.717, 1.165) is 22.2 Å². The molecule has 5 nitrogen and oxygen atoms in total. The molecular formula is C17H21NO4. The van der Waals surface area contributed by atoms with Crippen LogP contribution in [0.1, 0.15) is 42.4 Å². The number of rotatable bonds is 3. The molecule has 0 amide bonds. The Hall–Kier alpha value is -2.30. The zero-order valence-corrected chi connectivity index (χ0v) is 13.6. The Kier molecular flexibility index (Phi) is 4.26. The van der Waals surface area contributed by atoms with Crippen molar-refractivity contribution < 1.29 is 19.1 Å². The van der Waals surface area contributed by atoms with E-state index in [2.05, 4.69) is 4.98 Å². The maximum atomic E-state index is 12.0. The third-order valence-corrected chi connectivity index (χ3v) is 3.29. The van der Waals surface area contributed by atoms with E-state index < -0.39 is 17.5 Å². The number of hydrogen-bond acceptors (Lipinski definition) is 4. The number of aromatic amines is 1. The van der Waals surface area contributed by atoms with Gasteiger partial charge in [-0.1, -0.05) is 0 Å². The minimum atomic E-state index is -0.595. The first-order valence-corrected chi connectivity index (χ1v) is 7.15. The van der Waals surface area contributed by atoms with Crippen LogP contribution in [-0.4, -0.2) is 29.1 Å². The Labute approximate surface area is 129 Å². The molecule has 0 spiro atoms. The fraction of sp³-hybridized carbons (Fsp3) is 0.412. The lowest BCUT2D eigenvalue weighted by atomic mass is 10.1. The number of fused-ring (bicyclic) bond motifs is 1. The van der Waals surface area contributed by atoms with E-state index in [1.54, 1.807) is 32.9 Å². The van der Waals surface area contributed by atoms with Gasteiger partial charge in [-0.15, -0.1) is 0 Å². The molecule has 1 heterocycles. The van der Waals surface area contributed by atoms with Crippen LogP contribution in [-0.2, 0) is 14.3 Å². The van der Waals surface area contributed by atoms with Gasteiger partial charge in [-0.05, 0) is 58.4 Å². The number of carbonyl (C=O) groups excluding carboxylic acids is 2. The number of aryl methyl sites for hydroxylation is 2. The molecule has 0 aliphatic heterocycles. The molecule has 0 saturated heterocycles. The number of ether oxygens (including phenoxy) is 2. The van der Waals surface area contributed by atoms with Gasteiger partial charge in [-0.3, -0.25) is 0 Å². The van der Waals surface area contributed by atoms with Crippen molar-refractivity contribution in [2.24, 2.45) is 0 Å². The lowest BCUT2D eigenvalue weighted by Crippen LogP contribution is -2.27. The predicted molar refractivity (Wildman–Crippen MR) is 83.9 cm³/mol. The molecule has 0 unspecified atom stereocenters. The Morgan fingerprint density at radius 2 is 1.86 bits per heavy atom. The van der Waals surface area contributed by atoms with Gasteiger partial charge < -0.3 is 14.5 Å². The number of esters is 2. The van der Waals surface area contributed by atoms with Crippen molar-refractivity contribution in [2.45, 2.75) is 40.2 Å². The first-order valence-electron chi connectivity index (χ1n) is 7.15. The van der Waals surface area contributed by atoms with E-state index in [1.807, 2.05) is 19.9 Å². The fourth-order valence-electron chi connectivity index (χ4n) is 2.17. The number of carbonyl (C=O) groups is 2. The molecule has 0 bridgehead atoms. The maximum absolute atomic E-state index is 12.0. The molecule has 118 valence electrons. The van der Waals surface area contributed by atoms with E-state index in [0.29, 0.717) is 5.56 Å². The molecule has 0 aliphatic rings.